The first-order chi connectivity index (χ1) is 8.09. The first-order valence-electron chi connectivity index (χ1n) is 5.59. The van der Waals surface area contributed by atoms with Gasteiger partial charge < -0.3 is 9.47 Å². The molecule has 0 radical (unpaired) electrons. The summed E-state index contributed by atoms with van der Waals surface area (Å²) in [5.74, 6) is 0. The Morgan fingerprint density at radius 2 is 1.65 bits per heavy atom. The van der Waals surface area contributed by atoms with E-state index in [2.05, 4.69) is 0 Å². The Hall–Kier alpha value is -1.46. The minimum atomic E-state index is -0.810. The van der Waals surface area contributed by atoms with Gasteiger partial charge in [0, 0.05) is 10.5 Å². The van der Waals surface area contributed by atoms with Crippen molar-refractivity contribution in [1.29, 1.82) is 0 Å². The Morgan fingerprint density at radius 1 is 1.12 bits per heavy atom. The van der Waals surface area contributed by atoms with E-state index in [1.165, 1.54) is 0 Å². The van der Waals surface area contributed by atoms with Gasteiger partial charge in [0.05, 0.1) is 0 Å². The van der Waals surface area contributed by atoms with Gasteiger partial charge in [0.15, 0.2) is 6.29 Å². The van der Waals surface area contributed by atoms with Gasteiger partial charge in [0.2, 0.25) is 0 Å². The van der Waals surface area contributed by atoms with Gasteiger partial charge in [-0.25, -0.2) is 0 Å². The largest absolute Gasteiger partial charge is 0.338 e. The Labute approximate surface area is 99.5 Å². The van der Waals surface area contributed by atoms with Crippen LogP contribution in [-0.2, 0) is 9.47 Å². The second-order valence-electron chi connectivity index (χ2n) is 4.20. The van der Waals surface area contributed by atoms with Crippen LogP contribution in [0.4, 0.5) is 0 Å². The molecule has 4 atom stereocenters. The Kier molecular flexibility index (Phi) is 3.40. The van der Waals surface area contributed by atoms with Crippen molar-refractivity contribution in [3.05, 3.63) is 46.0 Å². The summed E-state index contributed by atoms with van der Waals surface area (Å²) in [5, 5.41) is 10.9. The molecule has 1 saturated heterocycles. The second kappa shape index (κ2) is 4.81. The molecule has 0 bridgehead atoms. The van der Waals surface area contributed by atoms with Crippen molar-refractivity contribution in [3.8, 4) is 0 Å². The van der Waals surface area contributed by atoms with Gasteiger partial charge in [0.25, 0.3) is 6.04 Å². The predicted octanol–water partition coefficient (Wildman–Crippen LogP) is 2.15. The van der Waals surface area contributed by atoms with Gasteiger partial charge in [0.1, 0.15) is 12.2 Å². The third-order valence-electron chi connectivity index (χ3n) is 2.95. The van der Waals surface area contributed by atoms with E-state index >= 15 is 0 Å². The number of nitro groups is 1. The molecule has 2 unspecified atom stereocenters. The van der Waals surface area contributed by atoms with Gasteiger partial charge in [-0.1, -0.05) is 30.3 Å². The molecule has 0 aliphatic carbocycles. The zero-order valence-electron chi connectivity index (χ0n) is 9.78. The van der Waals surface area contributed by atoms with Gasteiger partial charge in [-0.15, -0.1) is 0 Å². The standard InChI is InChI=1S/C12H15NO4/c1-8-11(13(14)15)9(2)17-12(16-8)10-6-4-3-5-7-10/h3-9,11-12H,1-2H3/t8-,9+,11?,12?. The minimum Gasteiger partial charge on any atom is -0.338 e. The molecule has 1 aliphatic rings. The molecule has 1 aromatic rings. The van der Waals surface area contributed by atoms with Crippen LogP contribution in [0.1, 0.15) is 25.7 Å². The molecule has 2 rings (SSSR count). The van der Waals surface area contributed by atoms with Gasteiger partial charge in [-0.3, -0.25) is 10.1 Å². The maximum atomic E-state index is 10.9. The summed E-state index contributed by atoms with van der Waals surface area (Å²) in [4.78, 5) is 10.5. The van der Waals surface area contributed by atoms with E-state index in [-0.39, 0.29) is 4.92 Å². The van der Waals surface area contributed by atoms with Gasteiger partial charge in [-0.2, -0.15) is 0 Å². The summed E-state index contributed by atoms with van der Waals surface area (Å²) >= 11 is 0. The lowest BCUT2D eigenvalue weighted by Gasteiger charge is -2.34. The van der Waals surface area contributed by atoms with Crippen LogP contribution in [0.3, 0.4) is 0 Å². The van der Waals surface area contributed by atoms with Gasteiger partial charge >= 0.3 is 0 Å². The molecular formula is C12H15NO4. The molecule has 5 heteroatoms. The zero-order valence-corrected chi connectivity index (χ0v) is 9.78. The lowest BCUT2D eigenvalue weighted by Crippen LogP contribution is -2.48. The zero-order chi connectivity index (χ0) is 12.4. The highest BCUT2D eigenvalue weighted by molar-refractivity contribution is 5.16. The van der Waals surface area contributed by atoms with Crippen molar-refractivity contribution in [2.75, 3.05) is 0 Å². The van der Waals surface area contributed by atoms with E-state index in [1.807, 2.05) is 30.3 Å². The molecule has 1 heterocycles. The first kappa shape index (κ1) is 12.0. The number of nitrogens with zero attached hydrogens (tertiary/aromatic N) is 1. The van der Waals surface area contributed by atoms with Crippen LogP contribution >= 0.6 is 0 Å². The third-order valence-corrected chi connectivity index (χ3v) is 2.95. The number of hydrogen-bond acceptors (Lipinski definition) is 4. The fourth-order valence-electron chi connectivity index (χ4n) is 2.07. The molecule has 1 fully saturated rings. The number of rotatable bonds is 2. The fourth-order valence-corrected chi connectivity index (χ4v) is 2.07. The third kappa shape index (κ3) is 2.45. The van der Waals surface area contributed by atoms with Crippen LogP contribution < -0.4 is 0 Å². The van der Waals surface area contributed by atoms with E-state index in [0.717, 1.165) is 5.56 Å². The van der Waals surface area contributed by atoms with Crippen LogP contribution in [-0.4, -0.2) is 23.2 Å². The molecule has 0 spiro atoms. The van der Waals surface area contributed by atoms with Crippen molar-refractivity contribution >= 4 is 0 Å². The van der Waals surface area contributed by atoms with Crippen LogP contribution in [0, 0.1) is 10.1 Å². The lowest BCUT2D eigenvalue weighted by molar-refractivity contribution is -0.564. The molecular weight excluding hydrogens is 222 g/mol. The van der Waals surface area contributed by atoms with E-state index < -0.39 is 24.5 Å². The highest BCUT2D eigenvalue weighted by atomic mass is 16.7. The Morgan fingerprint density at radius 3 is 2.12 bits per heavy atom. The highest BCUT2D eigenvalue weighted by Crippen LogP contribution is 2.30. The first-order valence-corrected chi connectivity index (χ1v) is 5.59. The molecule has 0 N–H and O–H groups in total. The molecule has 17 heavy (non-hydrogen) atoms. The number of benzene rings is 1. The summed E-state index contributed by atoms with van der Waals surface area (Å²) in [7, 11) is 0. The molecule has 0 amide bonds. The minimum absolute atomic E-state index is 0.337. The van der Waals surface area contributed by atoms with E-state index in [0.29, 0.717) is 0 Å². The average molecular weight is 237 g/mol. The molecule has 0 aromatic heterocycles. The summed E-state index contributed by atoms with van der Waals surface area (Å²) in [6.45, 7) is 3.42. The monoisotopic (exact) mass is 237 g/mol. The van der Waals surface area contributed by atoms with Crippen molar-refractivity contribution in [2.45, 2.75) is 38.4 Å². The second-order valence-corrected chi connectivity index (χ2v) is 4.20. The average Bonchev–Trinajstić information content (AvgIpc) is 2.28. The van der Waals surface area contributed by atoms with Crippen LogP contribution in [0.25, 0.3) is 0 Å². The van der Waals surface area contributed by atoms with Crippen molar-refractivity contribution in [3.63, 3.8) is 0 Å². The molecule has 5 nitrogen and oxygen atoms in total. The van der Waals surface area contributed by atoms with E-state index in [4.69, 9.17) is 9.47 Å². The topological polar surface area (TPSA) is 61.6 Å². The summed E-state index contributed by atoms with van der Waals surface area (Å²) < 4.78 is 11.1. The Balaban J connectivity index is 2.14. The smallest absolute Gasteiger partial charge is 0.264 e. The molecule has 1 aliphatic heterocycles. The van der Waals surface area contributed by atoms with Crippen LogP contribution in [0.15, 0.2) is 30.3 Å². The SMILES string of the molecule is C[C@@H]1OC(c2ccccc2)O[C@H](C)C1[N+](=O)[O-]. The quantitative estimate of drug-likeness (QED) is 0.584. The molecule has 0 saturated carbocycles. The van der Waals surface area contributed by atoms with E-state index in [9.17, 15) is 10.1 Å². The molecule has 92 valence electrons. The highest BCUT2D eigenvalue weighted by Gasteiger charge is 2.43. The fraction of sp³-hybridized carbons (Fsp3) is 0.500. The maximum absolute atomic E-state index is 10.9. The lowest BCUT2D eigenvalue weighted by atomic mass is 10.1. The normalized spacial score (nSPS) is 33.3. The number of ether oxygens (including phenoxy) is 2. The summed E-state index contributed by atoms with van der Waals surface area (Å²) in [6.07, 6.45) is -1.43. The Bertz CT molecular complexity index is 383. The van der Waals surface area contributed by atoms with E-state index in [1.54, 1.807) is 13.8 Å². The van der Waals surface area contributed by atoms with Crippen molar-refractivity contribution in [1.82, 2.24) is 0 Å². The predicted molar refractivity (Wildman–Crippen MR) is 61.1 cm³/mol. The van der Waals surface area contributed by atoms with Gasteiger partial charge in [-0.05, 0) is 13.8 Å². The summed E-state index contributed by atoms with van der Waals surface area (Å²) in [6, 6.07) is 8.63. The molecule has 1 aromatic carbocycles. The van der Waals surface area contributed by atoms with Crippen LogP contribution in [0.5, 0.6) is 0 Å². The van der Waals surface area contributed by atoms with Crippen molar-refractivity contribution in [2.24, 2.45) is 0 Å². The maximum Gasteiger partial charge on any atom is 0.264 e. The van der Waals surface area contributed by atoms with Crippen LogP contribution in [0.2, 0.25) is 0 Å². The number of hydrogen-bond donors (Lipinski definition) is 0. The summed E-state index contributed by atoms with van der Waals surface area (Å²) in [5.41, 5.74) is 0.882. The van der Waals surface area contributed by atoms with Crippen molar-refractivity contribution < 1.29 is 14.4 Å².